The third-order valence-electron chi connectivity index (χ3n) is 7.70. The Bertz CT molecular complexity index is 1640. The van der Waals surface area contributed by atoms with Crippen molar-refractivity contribution in [3.63, 3.8) is 0 Å². The van der Waals surface area contributed by atoms with Gasteiger partial charge in [-0.15, -0.1) is 0 Å². The lowest BCUT2D eigenvalue weighted by molar-refractivity contribution is 0.00578. The number of benzene rings is 4. The topological polar surface area (TPSA) is 44.1 Å². The van der Waals surface area contributed by atoms with Gasteiger partial charge in [-0.1, -0.05) is 48.5 Å². The Morgan fingerprint density at radius 1 is 0.639 bits per heavy atom. The Morgan fingerprint density at radius 3 is 2.14 bits per heavy atom. The van der Waals surface area contributed by atoms with Crippen LogP contribution >= 0.6 is 0 Å². The molecule has 1 aromatic heterocycles. The van der Waals surface area contributed by atoms with E-state index in [0.29, 0.717) is 0 Å². The van der Waals surface area contributed by atoms with Crippen molar-refractivity contribution in [3.05, 3.63) is 84.9 Å². The van der Waals surface area contributed by atoms with Gasteiger partial charge in [-0.05, 0) is 69.6 Å². The Balaban J connectivity index is 1.40. The average molecular weight is 475 g/mol. The van der Waals surface area contributed by atoms with E-state index in [1.807, 2.05) is 42.5 Å². The van der Waals surface area contributed by atoms with E-state index in [2.05, 4.69) is 75.1 Å². The van der Waals surface area contributed by atoms with Gasteiger partial charge in [0.25, 0.3) is 0 Å². The zero-order chi connectivity index (χ0) is 24.7. The number of ether oxygens (including phenoxy) is 1. The summed E-state index contributed by atoms with van der Waals surface area (Å²) in [5.74, 6) is 1.53. The van der Waals surface area contributed by atoms with Crippen LogP contribution in [0.1, 0.15) is 27.7 Å². The van der Waals surface area contributed by atoms with Gasteiger partial charge < -0.3 is 18.5 Å². The zero-order valence-corrected chi connectivity index (χ0v) is 20.7. The molecule has 3 heterocycles. The highest BCUT2D eigenvalue weighted by atomic mass is 16.7. The van der Waals surface area contributed by atoms with E-state index >= 15 is 0 Å². The molecule has 178 valence electrons. The van der Waals surface area contributed by atoms with Crippen LogP contribution in [-0.2, 0) is 9.31 Å². The maximum absolute atomic E-state index is 6.42. The highest BCUT2D eigenvalue weighted by Gasteiger charge is 2.52. The maximum atomic E-state index is 6.42. The van der Waals surface area contributed by atoms with Crippen molar-refractivity contribution >= 4 is 51.6 Å². The number of nitrogens with zero attached hydrogens (tertiary/aromatic N) is 1. The largest absolute Gasteiger partial charge is 0.494 e. The first-order chi connectivity index (χ1) is 17.3. The van der Waals surface area contributed by atoms with Crippen molar-refractivity contribution in [1.82, 2.24) is 0 Å². The second-order valence-electron chi connectivity index (χ2n) is 10.5. The first-order valence-electron chi connectivity index (χ1n) is 12.3. The summed E-state index contributed by atoms with van der Waals surface area (Å²) in [6, 6.07) is 28.7. The van der Waals surface area contributed by atoms with Crippen LogP contribution in [0.2, 0.25) is 0 Å². The molecule has 2 aliphatic heterocycles. The number of furan rings is 1. The van der Waals surface area contributed by atoms with Crippen LogP contribution in [0.3, 0.4) is 0 Å². The maximum Gasteiger partial charge on any atom is 0.494 e. The lowest BCUT2D eigenvalue weighted by Gasteiger charge is -2.33. The van der Waals surface area contributed by atoms with Crippen molar-refractivity contribution in [2.45, 2.75) is 38.9 Å². The zero-order valence-electron chi connectivity index (χ0n) is 20.7. The van der Waals surface area contributed by atoms with E-state index in [0.717, 1.165) is 56.0 Å². The second kappa shape index (κ2) is 7.39. The molecule has 0 bridgehead atoms. The quantitative estimate of drug-likeness (QED) is 0.243. The summed E-state index contributed by atoms with van der Waals surface area (Å²) < 4.78 is 25.4. The summed E-state index contributed by atoms with van der Waals surface area (Å²) in [5.41, 5.74) is 4.67. The van der Waals surface area contributed by atoms with Gasteiger partial charge in [0, 0.05) is 10.8 Å². The van der Waals surface area contributed by atoms with Gasteiger partial charge in [0.15, 0.2) is 17.1 Å². The fourth-order valence-electron chi connectivity index (χ4n) is 5.07. The van der Waals surface area contributed by atoms with E-state index in [-0.39, 0.29) is 0 Å². The fourth-order valence-corrected chi connectivity index (χ4v) is 5.07. The van der Waals surface area contributed by atoms with Gasteiger partial charge in [0.1, 0.15) is 5.58 Å². The van der Waals surface area contributed by atoms with Crippen molar-refractivity contribution in [2.75, 3.05) is 4.90 Å². The summed E-state index contributed by atoms with van der Waals surface area (Å²) in [4.78, 5) is 2.22. The molecule has 5 nitrogen and oxygen atoms in total. The normalized spacial score (nSPS) is 17.8. The molecule has 0 N–H and O–H groups in total. The fraction of sp³-hybridized carbons (Fsp3) is 0.200. The predicted octanol–water partition coefficient (Wildman–Crippen LogP) is 7.46. The Kier molecular flexibility index (Phi) is 4.42. The van der Waals surface area contributed by atoms with Crippen LogP contribution in [0, 0.1) is 0 Å². The Hall–Kier alpha value is -3.74. The molecular weight excluding hydrogens is 449 g/mol. The molecular formula is C30H26BNO4. The van der Waals surface area contributed by atoms with Crippen LogP contribution in [0.4, 0.5) is 17.1 Å². The minimum atomic E-state index is -0.465. The summed E-state index contributed by atoms with van der Waals surface area (Å²) in [7, 11) is -0.465. The summed E-state index contributed by atoms with van der Waals surface area (Å²) in [6.45, 7) is 8.25. The molecule has 0 aliphatic carbocycles. The molecule has 0 amide bonds. The number of fused-ring (bicyclic) bond motifs is 5. The van der Waals surface area contributed by atoms with Gasteiger partial charge in [-0.3, -0.25) is 4.90 Å². The van der Waals surface area contributed by atoms with Crippen molar-refractivity contribution < 1.29 is 18.5 Å². The predicted molar refractivity (Wildman–Crippen MR) is 144 cm³/mol. The molecule has 0 atom stereocenters. The molecule has 7 rings (SSSR count). The van der Waals surface area contributed by atoms with E-state index in [1.165, 1.54) is 0 Å². The van der Waals surface area contributed by atoms with Crippen molar-refractivity contribution in [3.8, 4) is 11.5 Å². The SMILES string of the molecule is CC1(C)OB(c2ccc3c(c2)Oc2ccccc2N3c2cccc3c2oc2ccccc23)OC1(C)C. The smallest absolute Gasteiger partial charge is 0.454 e. The van der Waals surface area contributed by atoms with Crippen LogP contribution in [0.15, 0.2) is 89.3 Å². The standard InChI is InChI=1S/C30H26BNO4/c1-29(2)30(3,4)36-31(35-29)19-16-17-23-27(18-19)33-26-15-8-6-12-22(26)32(23)24-13-9-11-21-20-10-5-7-14-25(20)34-28(21)24/h5-18H,1-4H3. The monoisotopic (exact) mass is 475 g/mol. The molecule has 0 saturated carbocycles. The summed E-state index contributed by atoms with van der Waals surface area (Å²) in [5, 5.41) is 2.19. The summed E-state index contributed by atoms with van der Waals surface area (Å²) >= 11 is 0. The molecule has 2 aliphatic rings. The highest BCUT2D eigenvalue weighted by molar-refractivity contribution is 6.62. The van der Waals surface area contributed by atoms with Crippen LogP contribution < -0.4 is 15.1 Å². The molecule has 6 heteroatoms. The Labute approximate surface area is 210 Å². The molecule has 1 saturated heterocycles. The number of anilines is 3. The lowest BCUT2D eigenvalue weighted by atomic mass is 9.79. The molecule has 0 unspecified atom stereocenters. The molecule has 0 radical (unpaired) electrons. The minimum Gasteiger partial charge on any atom is -0.454 e. The Morgan fingerprint density at radius 2 is 1.31 bits per heavy atom. The third-order valence-corrected chi connectivity index (χ3v) is 7.70. The van der Waals surface area contributed by atoms with Gasteiger partial charge in [-0.25, -0.2) is 0 Å². The van der Waals surface area contributed by atoms with Gasteiger partial charge >= 0.3 is 7.12 Å². The lowest BCUT2D eigenvalue weighted by Crippen LogP contribution is -2.41. The average Bonchev–Trinajstić information content (AvgIpc) is 3.35. The van der Waals surface area contributed by atoms with E-state index < -0.39 is 18.3 Å². The molecule has 1 fully saturated rings. The number of para-hydroxylation sites is 4. The molecule has 5 aromatic rings. The molecule has 4 aromatic carbocycles. The van der Waals surface area contributed by atoms with Crippen molar-refractivity contribution in [2.24, 2.45) is 0 Å². The van der Waals surface area contributed by atoms with E-state index in [9.17, 15) is 0 Å². The molecule has 36 heavy (non-hydrogen) atoms. The number of rotatable bonds is 2. The van der Waals surface area contributed by atoms with Crippen LogP contribution in [0.25, 0.3) is 21.9 Å². The van der Waals surface area contributed by atoms with Gasteiger partial charge in [-0.2, -0.15) is 0 Å². The molecule has 0 spiro atoms. The first kappa shape index (κ1) is 21.5. The van der Waals surface area contributed by atoms with Crippen LogP contribution in [-0.4, -0.2) is 18.3 Å². The highest BCUT2D eigenvalue weighted by Crippen LogP contribution is 2.52. The van der Waals surface area contributed by atoms with Gasteiger partial charge in [0.05, 0.1) is 28.3 Å². The third kappa shape index (κ3) is 3.04. The minimum absolute atomic E-state index is 0.413. The summed E-state index contributed by atoms with van der Waals surface area (Å²) in [6.07, 6.45) is 0. The number of hydrogen-bond acceptors (Lipinski definition) is 5. The van der Waals surface area contributed by atoms with E-state index in [4.69, 9.17) is 18.5 Å². The second-order valence-corrected chi connectivity index (χ2v) is 10.5. The van der Waals surface area contributed by atoms with E-state index in [1.54, 1.807) is 0 Å². The van der Waals surface area contributed by atoms with Gasteiger partial charge in [0.2, 0.25) is 0 Å². The first-order valence-corrected chi connectivity index (χ1v) is 12.3. The van der Waals surface area contributed by atoms with Crippen LogP contribution in [0.5, 0.6) is 11.5 Å². The number of hydrogen-bond donors (Lipinski definition) is 0. The van der Waals surface area contributed by atoms with Crippen molar-refractivity contribution in [1.29, 1.82) is 0 Å².